The highest BCUT2D eigenvalue weighted by molar-refractivity contribution is 7.13. The minimum atomic E-state index is -0.760. The van der Waals surface area contributed by atoms with E-state index in [2.05, 4.69) is 9.39 Å². The summed E-state index contributed by atoms with van der Waals surface area (Å²) >= 11 is 0. The number of aliphatic hydroxyl groups is 2. The van der Waals surface area contributed by atoms with Crippen molar-refractivity contribution in [2.75, 3.05) is 13.1 Å². The number of halogens is 2. The maximum Gasteiger partial charge on any atom is 0.126 e. The smallest absolute Gasteiger partial charge is 0.126 e. The van der Waals surface area contributed by atoms with Gasteiger partial charge >= 0.3 is 0 Å². The lowest BCUT2D eigenvalue weighted by Crippen LogP contribution is -2.45. The predicted octanol–water partition coefficient (Wildman–Crippen LogP) is 2.87. The fourth-order valence-corrected chi connectivity index (χ4v) is 4.52. The van der Waals surface area contributed by atoms with Gasteiger partial charge in [0.15, 0.2) is 0 Å². The van der Waals surface area contributed by atoms with Crippen molar-refractivity contribution in [1.82, 2.24) is 4.67 Å². The lowest BCUT2D eigenvalue weighted by molar-refractivity contribution is -0.00758. The summed E-state index contributed by atoms with van der Waals surface area (Å²) in [6, 6.07) is 8.82. The highest BCUT2D eigenvalue weighted by Gasteiger charge is 2.30. The van der Waals surface area contributed by atoms with E-state index in [0.29, 0.717) is 37.2 Å². The minimum Gasteiger partial charge on any atom is -0.487 e. The molecule has 0 saturated heterocycles. The van der Waals surface area contributed by atoms with Gasteiger partial charge in [-0.1, -0.05) is 9.39 Å². The second-order valence-electron chi connectivity index (χ2n) is 7.98. The molecule has 162 valence electrons. The van der Waals surface area contributed by atoms with Crippen LogP contribution in [0.25, 0.3) is 0 Å². The van der Waals surface area contributed by atoms with E-state index in [9.17, 15) is 19.0 Å². The van der Waals surface area contributed by atoms with Crippen LogP contribution < -0.4 is 9.47 Å². The summed E-state index contributed by atoms with van der Waals surface area (Å²) < 4.78 is 40.1. The van der Waals surface area contributed by atoms with E-state index in [-0.39, 0.29) is 24.7 Å². The summed E-state index contributed by atoms with van der Waals surface area (Å²) in [5, 5.41) is 21.2. The molecule has 30 heavy (non-hydrogen) atoms. The minimum absolute atomic E-state index is 0.289. The number of fused-ring (bicyclic) bond motifs is 2. The van der Waals surface area contributed by atoms with Gasteiger partial charge in [0.25, 0.3) is 0 Å². The van der Waals surface area contributed by atoms with Gasteiger partial charge < -0.3 is 19.7 Å². The Morgan fingerprint density at radius 1 is 0.867 bits per heavy atom. The van der Waals surface area contributed by atoms with Crippen LogP contribution in [0, 0.1) is 11.6 Å². The molecule has 2 aliphatic heterocycles. The average molecular weight is 437 g/mol. The summed E-state index contributed by atoms with van der Waals surface area (Å²) in [5.41, 5.74) is 1.62. The summed E-state index contributed by atoms with van der Waals surface area (Å²) in [6.45, 7) is 0.578. The second kappa shape index (κ2) is 9.15. The molecule has 2 aliphatic rings. The fourth-order valence-electron chi connectivity index (χ4n) is 4.09. The van der Waals surface area contributed by atoms with Crippen LogP contribution in [0.2, 0.25) is 0 Å². The molecule has 2 aromatic carbocycles. The Morgan fingerprint density at radius 3 is 1.73 bits per heavy atom. The molecule has 0 aliphatic carbocycles. The van der Waals surface area contributed by atoms with Crippen molar-refractivity contribution in [1.29, 1.82) is 0 Å². The van der Waals surface area contributed by atoms with Crippen LogP contribution in [0.3, 0.4) is 0 Å². The number of benzene rings is 2. The SMILES string of the molecule is O[C@@H](CN(P)C[C@H](O)[C@H]1CCc2cc(F)ccc2O1)[C@@H]1CCc2cc(F)ccc2O1. The summed E-state index contributed by atoms with van der Waals surface area (Å²) in [5.74, 6) is 0.624. The zero-order valence-corrected chi connectivity index (χ0v) is 17.7. The molecule has 4 rings (SSSR count). The molecule has 0 fully saturated rings. The summed E-state index contributed by atoms with van der Waals surface area (Å²) in [4.78, 5) is 0. The lowest BCUT2D eigenvalue weighted by atomic mass is 9.98. The van der Waals surface area contributed by atoms with Crippen molar-refractivity contribution in [3.8, 4) is 11.5 Å². The molecular formula is C22H26F2NO4P. The normalized spacial score (nSPS) is 22.5. The Balaban J connectivity index is 1.28. The first-order valence-corrected chi connectivity index (χ1v) is 10.7. The Morgan fingerprint density at radius 2 is 1.30 bits per heavy atom. The van der Waals surface area contributed by atoms with Crippen molar-refractivity contribution in [3.63, 3.8) is 0 Å². The van der Waals surface area contributed by atoms with Crippen LogP contribution >= 0.6 is 9.39 Å². The quantitative estimate of drug-likeness (QED) is 0.681. The average Bonchev–Trinajstić information content (AvgIpc) is 2.72. The Labute approximate surface area is 176 Å². The van der Waals surface area contributed by atoms with Crippen LogP contribution in [-0.2, 0) is 12.8 Å². The van der Waals surface area contributed by atoms with Crippen LogP contribution in [-0.4, -0.2) is 52.4 Å². The number of rotatable bonds is 6. The molecule has 0 spiro atoms. The van der Waals surface area contributed by atoms with Gasteiger partial charge in [0.05, 0.1) is 0 Å². The number of nitrogens with zero attached hydrogens (tertiary/aromatic N) is 1. The van der Waals surface area contributed by atoms with Crippen LogP contribution in [0.4, 0.5) is 8.78 Å². The Bertz CT molecular complexity index is 828. The zero-order valence-electron chi connectivity index (χ0n) is 16.5. The first kappa shape index (κ1) is 21.4. The van der Waals surface area contributed by atoms with Gasteiger partial charge in [-0.05, 0) is 73.2 Å². The van der Waals surface area contributed by atoms with Gasteiger partial charge in [-0.25, -0.2) is 8.78 Å². The van der Waals surface area contributed by atoms with Gasteiger partial charge in [-0.3, -0.25) is 4.67 Å². The first-order valence-electron chi connectivity index (χ1n) is 10.1. The maximum absolute atomic E-state index is 13.3. The van der Waals surface area contributed by atoms with Crippen molar-refractivity contribution < 1.29 is 28.5 Å². The van der Waals surface area contributed by atoms with E-state index in [1.165, 1.54) is 24.3 Å². The van der Waals surface area contributed by atoms with Gasteiger partial charge in [0, 0.05) is 13.1 Å². The van der Waals surface area contributed by atoms with Crippen LogP contribution in [0.1, 0.15) is 24.0 Å². The van der Waals surface area contributed by atoms with E-state index in [1.54, 1.807) is 16.8 Å². The third kappa shape index (κ3) is 4.92. The van der Waals surface area contributed by atoms with Gasteiger partial charge in [-0.15, -0.1) is 0 Å². The Kier molecular flexibility index (Phi) is 6.54. The topological polar surface area (TPSA) is 62.2 Å². The van der Waals surface area contributed by atoms with E-state index in [1.807, 2.05) is 0 Å². The van der Waals surface area contributed by atoms with Crippen LogP contribution in [0.15, 0.2) is 36.4 Å². The highest BCUT2D eigenvalue weighted by Crippen LogP contribution is 2.31. The molecule has 0 saturated carbocycles. The summed E-state index contributed by atoms with van der Waals surface area (Å²) in [6.07, 6.45) is 0.170. The molecular weight excluding hydrogens is 411 g/mol. The largest absolute Gasteiger partial charge is 0.487 e. The molecule has 0 aromatic heterocycles. The van der Waals surface area contributed by atoms with Crippen molar-refractivity contribution >= 4 is 9.39 Å². The standard InChI is InChI=1S/C22H26F2NO4P/c23-15-3-7-19-13(9-15)1-5-21(28-19)17(26)11-25(30)12-18(27)22-6-2-14-10-16(24)4-8-20(14)29-22/h3-4,7-10,17-18,21-22,26-27H,1-2,5-6,11-12,30H2/t17-,18-,21-,22+/m0/s1. The number of ether oxygens (including phenoxy) is 2. The molecule has 1 unspecified atom stereocenters. The number of aryl methyl sites for hydroxylation is 2. The van der Waals surface area contributed by atoms with E-state index < -0.39 is 24.4 Å². The monoisotopic (exact) mass is 437 g/mol. The molecule has 5 atom stereocenters. The molecule has 2 heterocycles. The third-order valence-electron chi connectivity index (χ3n) is 5.70. The lowest BCUT2D eigenvalue weighted by Gasteiger charge is -2.34. The molecule has 0 radical (unpaired) electrons. The molecule has 5 nitrogen and oxygen atoms in total. The van der Waals surface area contributed by atoms with Crippen molar-refractivity contribution in [2.24, 2.45) is 0 Å². The van der Waals surface area contributed by atoms with Crippen LogP contribution in [0.5, 0.6) is 11.5 Å². The van der Waals surface area contributed by atoms with E-state index >= 15 is 0 Å². The summed E-state index contributed by atoms with van der Waals surface area (Å²) in [7, 11) is 2.52. The molecule has 0 amide bonds. The maximum atomic E-state index is 13.3. The number of hydrogen-bond donors (Lipinski definition) is 2. The van der Waals surface area contributed by atoms with E-state index in [4.69, 9.17) is 9.47 Å². The number of aliphatic hydroxyl groups excluding tert-OH is 2. The zero-order chi connectivity index (χ0) is 21.3. The van der Waals surface area contributed by atoms with Crippen molar-refractivity contribution in [3.05, 3.63) is 59.2 Å². The highest BCUT2D eigenvalue weighted by atomic mass is 31.0. The third-order valence-corrected chi connectivity index (χ3v) is 6.12. The van der Waals surface area contributed by atoms with Gasteiger partial charge in [0.2, 0.25) is 0 Å². The molecule has 8 heteroatoms. The predicted molar refractivity (Wildman–Crippen MR) is 112 cm³/mol. The molecule has 2 N–H and O–H groups in total. The van der Waals surface area contributed by atoms with Crippen molar-refractivity contribution in [2.45, 2.75) is 50.1 Å². The van der Waals surface area contributed by atoms with Gasteiger partial charge in [0.1, 0.15) is 47.5 Å². The molecule has 2 aromatic rings. The molecule has 0 bridgehead atoms. The number of hydrogen-bond acceptors (Lipinski definition) is 5. The first-order chi connectivity index (χ1) is 14.4. The Hall–Kier alpha value is -1.79. The van der Waals surface area contributed by atoms with E-state index in [0.717, 1.165) is 11.1 Å². The fraction of sp³-hybridized carbons (Fsp3) is 0.455. The van der Waals surface area contributed by atoms with Gasteiger partial charge in [-0.2, -0.15) is 0 Å². The second-order valence-corrected chi connectivity index (χ2v) is 8.71.